The van der Waals surface area contributed by atoms with Crippen molar-refractivity contribution in [3.8, 4) is 11.5 Å². The van der Waals surface area contributed by atoms with E-state index < -0.39 is 4.92 Å². The summed E-state index contributed by atoms with van der Waals surface area (Å²) in [6, 6.07) is 10.0. The van der Waals surface area contributed by atoms with E-state index >= 15 is 0 Å². The van der Waals surface area contributed by atoms with Gasteiger partial charge in [0.2, 0.25) is 0 Å². The Morgan fingerprint density at radius 1 is 1.12 bits per heavy atom. The van der Waals surface area contributed by atoms with E-state index in [9.17, 15) is 10.1 Å². The zero-order chi connectivity index (χ0) is 17.7. The van der Waals surface area contributed by atoms with E-state index in [0.717, 1.165) is 0 Å². The van der Waals surface area contributed by atoms with Crippen molar-refractivity contribution in [2.45, 2.75) is 6.92 Å². The smallest absolute Gasteiger partial charge is 0.274 e. The van der Waals surface area contributed by atoms with Crippen molar-refractivity contribution < 1.29 is 14.4 Å². The maximum atomic E-state index is 11.0. The van der Waals surface area contributed by atoms with E-state index in [1.54, 1.807) is 51.5 Å². The summed E-state index contributed by atoms with van der Waals surface area (Å²) in [6.45, 7) is 1.66. The van der Waals surface area contributed by atoms with Crippen LogP contribution in [0.4, 0.5) is 17.1 Å². The van der Waals surface area contributed by atoms with Crippen LogP contribution in [0, 0.1) is 17.0 Å². The molecule has 0 amide bonds. The van der Waals surface area contributed by atoms with Crippen LogP contribution < -0.4 is 20.1 Å². The van der Waals surface area contributed by atoms with Crippen molar-refractivity contribution in [2.75, 3.05) is 24.9 Å². The van der Waals surface area contributed by atoms with Gasteiger partial charge >= 0.3 is 0 Å². The van der Waals surface area contributed by atoms with Crippen molar-refractivity contribution in [1.82, 2.24) is 0 Å². The number of methoxy groups -OCH3 is 2. The third-order valence-electron chi connectivity index (χ3n) is 3.41. The predicted molar refractivity (Wildman–Crippen MR) is 97.2 cm³/mol. The molecule has 0 saturated carbocycles. The third-order valence-corrected chi connectivity index (χ3v) is 3.61. The molecule has 0 fully saturated rings. The van der Waals surface area contributed by atoms with Crippen LogP contribution in [0.25, 0.3) is 0 Å². The topological polar surface area (TPSA) is 85.7 Å². The van der Waals surface area contributed by atoms with Crippen molar-refractivity contribution in [3.63, 3.8) is 0 Å². The average molecular weight is 347 g/mol. The number of rotatable bonds is 5. The highest BCUT2D eigenvalue weighted by molar-refractivity contribution is 7.80. The molecule has 0 aliphatic carbocycles. The van der Waals surface area contributed by atoms with E-state index in [1.807, 2.05) is 0 Å². The number of thiocarbonyl (C=S) groups is 1. The Hall–Kier alpha value is -2.87. The molecule has 0 spiro atoms. The predicted octanol–water partition coefficient (Wildman–Crippen LogP) is 3.73. The first-order chi connectivity index (χ1) is 11.5. The lowest BCUT2D eigenvalue weighted by molar-refractivity contribution is -0.385. The second-order valence-electron chi connectivity index (χ2n) is 4.85. The number of benzene rings is 2. The molecule has 2 rings (SSSR count). The molecule has 0 aliphatic rings. The largest absolute Gasteiger partial charge is 0.497 e. The van der Waals surface area contributed by atoms with Gasteiger partial charge in [0.25, 0.3) is 5.69 Å². The minimum absolute atomic E-state index is 0.0322. The summed E-state index contributed by atoms with van der Waals surface area (Å²) in [5.74, 6) is 1.22. The Bertz CT molecular complexity index is 780. The summed E-state index contributed by atoms with van der Waals surface area (Å²) in [5, 5.41) is 17.3. The molecule has 0 aromatic heterocycles. The van der Waals surface area contributed by atoms with E-state index in [1.165, 1.54) is 6.07 Å². The fourth-order valence-electron chi connectivity index (χ4n) is 2.13. The van der Waals surface area contributed by atoms with Crippen LogP contribution >= 0.6 is 12.2 Å². The number of hydrogen-bond acceptors (Lipinski definition) is 5. The van der Waals surface area contributed by atoms with Gasteiger partial charge in [0, 0.05) is 12.1 Å². The van der Waals surface area contributed by atoms with Gasteiger partial charge in [-0.25, -0.2) is 0 Å². The highest BCUT2D eigenvalue weighted by Gasteiger charge is 2.14. The first-order valence-corrected chi connectivity index (χ1v) is 7.41. The van der Waals surface area contributed by atoms with Gasteiger partial charge in [0.1, 0.15) is 11.5 Å². The van der Waals surface area contributed by atoms with Gasteiger partial charge in [-0.15, -0.1) is 0 Å². The van der Waals surface area contributed by atoms with E-state index in [4.69, 9.17) is 21.7 Å². The molecule has 2 N–H and O–H groups in total. The van der Waals surface area contributed by atoms with Crippen LogP contribution in [0.3, 0.4) is 0 Å². The second-order valence-corrected chi connectivity index (χ2v) is 5.26. The highest BCUT2D eigenvalue weighted by Crippen LogP contribution is 2.30. The average Bonchev–Trinajstić information content (AvgIpc) is 2.56. The van der Waals surface area contributed by atoms with Crippen LogP contribution in [0.2, 0.25) is 0 Å². The Balaban J connectivity index is 2.17. The Morgan fingerprint density at radius 2 is 1.83 bits per heavy atom. The summed E-state index contributed by atoms with van der Waals surface area (Å²) in [5.41, 5.74) is 1.76. The molecule has 2 aromatic rings. The lowest BCUT2D eigenvalue weighted by Crippen LogP contribution is -2.20. The lowest BCUT2D eigenvalue weighted by Gasteiger charge is -2.15. The van der Waals surface area contributed by atoms with Crippen LogP contribution in [0.15, 0.2) is 36.4 Å². The fourth-order valence-corrected chi connectivity index (χ4v) is 2.35. The monoisotopic (exact) mass is 347 g/mol. The molecular weight excluding hydrogens is 330 g/mol. The van der Waals surface area contributed by atoms with E-state index in [2.05, 4.69) is 10.6 Å². The number of nitrogens with one attached hydrogen (secondary N) is 2. The molecular formula is C16H17N3O4S. The number of nitrogens with zero attached hydrogens (tertiary/aromatic N) is 1. The quantitative estimate of drug-likeness (QED) is 0.484. The van der Waals surface area contributed by atoms with Gasteiger partial charge in [0.05, 0.1) is 36.1 Å². The standard InChI is InChI=1S/C16H17N3O4S/c1-10-12(5-4-6-14(10)19(20)21)17-16(24)18-13-8-7-11(22-2)9-15(13)23-3/h4-9H,1-3H3,(H2,17,18,24). The summed E-state index contributed by atoms with van der Waals surface area (Å²) in [6.07, 6.45) is 0. The van der Waals surface area contributed by atoms with Crippen LogP contribution in [0.5, 0.6) is 11.5 Å². The maximum absolute atomic E-state index is 11.0. The number of nitro groups is 1. The summed E-state index contributed by atoms with van der Waals surface area (Å²) in [4.78, 5) is 10.6. The van der Waals surface area contributed by atoms with Gasteiger partial charge in [-0.3, -0.25) is 10.1 Å². The number of hydrogen-bond donors (Lipinski definition) is 2. The molecule has 7 nitrogen and oxygen atoms in total. The molecule has 0 atom stereocenters. The van der Waals surface area contributed by atoms with Gasteiger partial charge < -0.3 is 20.1 Å². The Morgan fingerprint density at radius 3 is 2.46 bits per heavy atom. The van der Waals surface area contributed by atoms with Crippen molar-refractivity contribution in [1.29, 1.82) is 0 Å². The molecule has 0 unspecified atom stereocenters. The Labute approximate surface area is 144 Å². The summed E-state index contributed by atoms with van der Waals surface area (Å²) in [7, 11) is 3.11. The lowest BCUT2D eigenvalue weighted by atomic mass is 10.1. The first kappa shape index (κ1) is 17.5. The number of ether oxygens (including phenoxy) is 2. The van der Waals surface area contributed by atoms with Crippen LogP contribution in [0.1, 0.15) is 5.56 Å². The van der Waals surface area contributed by atoms with Crippen LogP contribution in [-0.4, -0.2) is 24.3 Å². The summed E-state index contributed by atoms with van der Waals surface area (Å²) >= 11 is 5.28. The number of nitro benzene ring substituents is 1. The molecule has 0 saturated heterocycles. The zero-order valence-corrected chi connectivity index (χ0v) is 14.3. The molecule has 0 aliphatic heterocycles. The van der Waals surface area contributed by atoms with E-state index in [0.29, 0.717) is 33.5 Å². The molecule has 24 heavy (non-hydrogen) atoms. The number of anilines is 2. The molecule has 8 heteroatoms. The highest BCUT2D eigenvalue weighted by atomic mass is 32.1. The third kappa shape index (κ3) is 3.90. The Kier molecular flexibility index (Phi) is 5.54. The van der Waals surface area contributed by atoms with Gasteiger partial charge in [-0.1, -0.05) is 6.07 Å². The molecule has 2 aromatic carbocycles. The minimum Gasteiger partial charge on any atom is -0.497 e. The van der Waals surface area contributed by atoms with Crippen LogP contribution in [-0.2, 0) is 0 Å². The maximum Gasteiger partial charge on any atom is 0.274 e. The first-order valence-electron chi connectivity index (χ1n) is 7.00. The molecule has 0 radical (unpaired) electrons. The fraction of sp³-hybridized carbons (Fsp3) is 0.188. The zero-order valence-electron chi connectivity index (χ0n) is 13.5. The molecule has 0 bridgehead atoms. The molecule has 126 valence electrons. The van der Waals surface area contributed by atoms with Crippen molar-refractivity contribution in [3.05, 3.63) is 52.1 Å². The van der Waals surface area contributed by atoms with Gasteiger partial charge in [-0.2, -0.15) is 0 Å². The van der Waals surface area contributed by atoms with Gasteiger partial charge in [0.15, 0.2) is 5.11 Å². The second kappa shape index (κ2) is 7.60. The normalized spacial score (nSPS) is 9.96. The van der Waals surface area contributed by atoms with E-state index in [-0.39, 0.29) is 5.69 Å². The van der Waals surface area contributed by atoms with Crippen molar-refractivity contribution >= 4 is 34.4 Å². The van der Waals surface area contributed by atoms with Crippen molar-refractivity contribution in [2.24, 2.45) is 0 Å². The minimum atomic E-state index is -0.427. The SMILES string of the molecule is COc1ccc(NC(=S)Nc2cccc([N+](=O)[O-])c2C)c(OC)c1. The van der Waals surface area contributed by atoms with Gasteiger partial charge in [-0.05, 0) is 37.3 Å². The summed E-state index contributed by atoms with van der Waals surface area (Å²) < 4.78 is 10.4. The molecule has 0 heterocycles.